The monoisotopic (exact) mass is 492 g/mol. The number of aryl methyl sites for hydroxylation is 2. The number of carbonyl (C=O) groups excluding carboxylic acids is 1. The van der Waals surface area contributed by atoms with Crippen molar-refractivity contribution >= 4 is 44.8 Å². The molecule has 0 saturated carbocycles. The van der Waals surface area contributed by atoms with E-state index in [1.807, 2.05) is 6.07 Å². The summed E-state index contributed by atoms with van der Waals surface area (Å²) in [7, 11) is -4.21. The molecular formula is C23H22Cl2N2O4S. The number of hydrogen-bond donors (Lipinski definition) is 2. The van der Waals surface area contributed by atoms with E-state index in [4.69, 9.17) is 28.9 Å². The number of aliphatic hydroxyl groups excluding tert-OH is 1. The zero-order chi connectivity index (χ0) is 23.6. The number of nitrogens with zero attached hydrogens (tertiary/aromatic N) is 1. The van der Waals surface area contributed by atoms with Gasteiger partial charge in [0.1, 0.15) is 12.6 Å². The van der Waals surface area contributed by atoms with Gasteiger partial charge in [-0.2, -0.15) is 0 Å². The summed E-state index contributed by atoms with van der Waals surface area (Å²) in [6.45, 7) is 2.93. The number of amides is 1. The maximum atomic E-state index is 13.6. The van der Waals surface area contributed by atoms with Gasteiger partial charge in [-0.25, -0.2) is 8.42 Å². The molecule has 0 spiro atoms. The molecule has 3 aromatic carbocycles. The third-order valence-corrected chi connectivity index (χ3v) is 7.15. The molecule has 0 aliphatic rings. The molecule has 0 aliphatic carbocycles. The Hall–Kier alpha value is -2.58. The van der Waals surface area contributed by atoms with Gasteiger partial charge in [0, 0.05) is 21.2 Å². The first-order valence-corrected chi connectivity index (χ1v) is 11.8. The molecule has 1 atom stereocenters. The van der Waals surface area contributed by atoms with Gasteiger partial charge in [-0.05, 0) is 61.4 Å². The normalized spacial score (nSPS) is 12.4. The number of halogens is 2. The molecule has 0 radical (unpaired) electrons. The minimum absolute atomic E-state index is 0.00406. The van der Waals surface area contributed by atoms with Crippen molar-refractivity contribution in [1.29, 1.82) is 0 Å². The number of hydrogen-bond acceptors (Lipinski definition) is 4. The highest BCUT2D eigenvalue weighted by Crippen LogP contribution is 2.37. The van der Waals surface area contributed by atoms with Crippen molar-refractivity contribution in [3.05, 3.63) is 93.0 Å². The first kappa shape index (κ1) is 24.1. The topological polar surface area (TPSA) is 101 Å². The maximum Gasteiger partial charge on any atom is 0.264 e. The van der Waals surface area contributed by atoms with Gasteiger partial charge in [0.25, 0.3) is 10.0 Å². The van der Waals surface area contributed by atoms with Crippen molar-refractivity contribution < 1.29 is 18.3 Å². The van der Waals surface area contributed by atoms with Crippen molar-refractivity contribution in [2.45, 2.75) is 24.8 Å². The summed E-state index contributed by atoms with van der Waals surface area (Å²) >= 11 is 12.4. The summed E-state index contributed by atoms with van der Waals surface area (Å²) < 4.78 is 28.1. The highest BCUT2D eigenvalue weighted by Gasteiger charge is 2.31. The predicted molar refractivity (Wildman–Crippen MR) is 127 cm³/mol. The van der Waals surface area contributed by atoms with Gasteiger partial charge < -0.3 is 10.8 Å². The number of sulfonamides is 1. The van der Waals surface area contributed by atoms with Crippen LogP contribution in [0.3, 0.4) is 0 Å². The first-order chi connectivity index (χ1) is 15.0. The Balaban J connectivity index is 2.23. The second kappa shape index (κ2) is 9.50. The third kappa shape index (κ3) is 5.07. The van der Waals surface area contributed by atoms with Gasteiger partial charge in [0.15, 0.2) is 0 Å². The molecule has 0 aliphatic heterocycles. The van der Waals surface area contributed by atoms with Crippen LogP contribution in [-0.4, -0.2) is 26.0 Å². The van der Waals surface area contributed by atoms with E-state index in [0.717, 1.165) is 15.4 Å². The largest absolute Gasteiger partial charge is 0.384 e. The second-order valence-corrected chi connectivity index (χ2v) is 10.1. The molecule has 3 rings (SSSR count). The van der Waals surface area contributed by atoms with Crippen molar-refractivity contribution in [2.24, 2.45) is 5.73 Å². The molecule has 0 heterocycles. The first-order valence-electron chi connectivity index (χ1n) is 9.62. The van der Waals surface area contributed by atoms with E-state index in [1.165, 1.54) is 30.3 Å². The van der Waals surface area contributed by atoms with Crippen LogP contribution < -0.4 is 10.0 Å². The Morgan fingerprint density at radius 2 is 1.62 bits per heavy atom. The fraction of sp³-hybridized carbons (Fsp3) is 0.174. The minimum atomic E-state index is -4.21. The zero-order valence-corrected chi connectivity index (χ0v) is 19.7. The molecule has 9 heteroatoms. The van der Waals surface area contributed by atoms with Gasteiger partial charge in [0.2, 0.25) is 5.91 Å². The van der Waals surface area contributed by atoms with E-state index in [1.54, 1.807) is 38.1 Å². The Morgan fingerprint density at radius 1 is 1.00 bits per heavy atom. The lowest BCUT2D eigenvalue weighted by Crippen LogP contribution is -2.39. The van der Waals surface area contributed by atoms with Crippen molar-refractivity contribution in [3.63, 3.8) is 0 Å². The Kier molecular flexibility index (Phi) is 7.15. The van der Waals surface area contributed by atoms with E-state index in [9.17, 15) is 18.3 Å². The highest BCUT2D eigenvalue weighted by atomic mass is 35.5. The van der Waals surface area contributed by atoms with Gasteiger partial charge in [-0.1, -0.05) is 47.5 Å². The van der Waals surface area contributed by atoms with Gasteiger partial charge >= 0.3 is 0 Å². The maximum absolute atomic E-state index is 13.6. The second-order valence-electron chi connectivity index (χ2n) is 7.43. The molecule has 1 amide bonds. The predicted octanol–water partition coefficient (Wildman–Crippen LogP) is 4.37. The highest BCUT2D eigenvalue weighted by molar-refractivity contribution is 7.92. The summed E-state index contributed by atoms with van der Waals surface area (Å²) in [5, 5.41) is 11.7. The Bertz CT molecular complexity index is 1260. The fourth-order valence-corrected chi connectivity index (χ4v) is 5.55. The third-order valence-electron chi connectivity index (χ3n) is 4.84. The quantitative estimate of drug-likeness (QED) is 0.511. The number of carbonyl (C=O) groups is 1. The molecule has 32 heavy (non-hydrogen) atoms. The van der Waals surface area contributed by atoms with Crippen LogP contribution in [0.25, 0.3) is 0 Å². The SMILES string of the molecule is Cc1cc(C)cc(S(=O)(=O)N(CC(N)=O)c2ccc(Cl)cc2C(O)c2ccccc2Cl)c1. The van der Waals surface area contributed by atoms with E-state index < -0.39 is 28.6 Å². The fourth-order valence-electron chi connectivity index (χ4n) is 3.49. The van der Waals surface area contributed by atoms with Crippen LogP contribution in [0, 0.1) is 13.8 Å². The van der Waals surface area contributed by atoms with E-state index in [0.29, 0.717) is 10.6 Å². The summed E-state index contributed by atoms with van der Waals surface area (Å²) in [6.07, 6.45) is -1.30. The molecule has 3 N–H and O–H groups in total. The van der Waals surface area contributed by atoms with Crippen molar-refractivity contribution in [3.8, 4) is 0 Å². The van der Waals surface area contributed by atoms with Crippen LogP contribution in [0.15, 0.2) is 65.6 Å². The smallest absolute Gasteiger partial charge is 0.264 e. The lowest BCUT2D eigenvalue weighted by Gasteiger charge is -2.28. The molecule has 0 saturated heterocycles. The lowest BCUT2D eigenvalue weighted by molar-refractivity contribution is -0.116. The number of rotatable bonds is 7. The number of aliphatic hydroxyl groups is 1. The molecule has 0 bridgehead atoms. The number of primary amides is 1. The minimum Gasteiger partial charge on any atom is -0.384 e. The van der Waals surface area contributed by atoms with Crippen LogP contribution in [0.1, 0.15) is 28.4 Å². The molecule has 3 aromatic rings. The van der Waals surface area contributed by atoms with E-state index in [-0.39, 0.29) is 21.2 Å². The van der Waals surface area contributed by atoms with Gasteiger partial charge in [0.05, 0.1) is 10.6 Å². The van der Waals surface area contributed by atoms with Crippen LogP contribution in [0.2, 0.25) is 10.0 Å². The van der Waals surface area contributed by atoms with Gasteiger partial charge in [-0.15, -0.1) is 0 Å². The van der Waals surface area contributed by atoms with Crippen molar-refractivity contribution in [1.82, 2.24) is 0 Å². The average molecular weight is 493 g/mol. The Labute approximate surface area is 197 Å². The van der Waals surface area contributed by atoms with Crippen LogP contribution in [-0.2, 0) is 14.8 Å². The molecule has 1 unspecified atom stereocenters. The van der Waals surface area contributed by atoms with Crippen LogP contribution in [0.5, 0.6) is 0 Å². The Morgan fingerprint density at radius 3 is 2.22 bits per heavy atom. The lowest BCUT2D eigenvalue weighted by atomic mass is 9.99. The number of benzene rings is 3. The molecule has 168 valence electrons. The number of nitrogens with two attached hydrogens (primary N) is 1. The average Bonchev–Trinajstić information content (AvgIpc) is 2.71. The standard InChI is InChI=1S/C23H22Cl2N2O4S/c1-14-9-15(2)11-17(10-14)32(30,31)27(13-22(26)28)21-8-7-16(24)12-19(21)23(29)18-5-3-4-6-20(18)25/h3-12,23,29H,13H2,1-2H3,(H2,26,28). The van der Waals surface area contributed by atoms with Gasteiger partial charge in [-0.3, -0.25) is 9.10 Å². The molecule has 0 fully saturated rings. The van der Waals surface area contributed by atoms with Crippen molar-refractivity contribution in [2.75, 3.05) is 10.8 Å². The molecule has 0 aromatic heterocycles. The van der Waals surface area contributed by atoms with Crippen LogP contribution in [0.4, 0.5) is 5.69 Å². The summed E-state index contributed by atoms with van der Waals surface area (Å²) in [5.74, 6) is -0.855. The van der Waals surface area contributed by atoms with E-state index in [2.05, 4.69) is 0 Å². The number of anilines is 1. The summed E-state index contributed by atoms with van der Waals surface area (Å²) in [5.41, 5.74) is 7.49. The summed E-state index contributed by atoms with van der Waals surface area (Å²) in [4.78, 5) is 11.9. The zero-order valence-electron chi connectivity index (χ0n) is 17.4. The van der Waals surface area contributed by atoms with Crippen LogP contribution >= 0.6 is 23.2 Å². The summed E-state index contributed by atoms with van der Waals surface area (Å²) in [6, 6.07) is 15.8. The molecule has 6 nitrogen and oxygen atoms in total. The molecular weight excluding hydrogens is 471 g/mol. The van der Waals surface area contributed by atoms with E-state index >= 15 is 0 Å².